The zero-order valence-electron chi connectivity index (χ0n) is 14.6. The lowest BCUT2D eigenvalue weighted by atomic mass is 9.69. The molecule has 0 aromatic heterocycles. The van der Waals surface area contributed by atoms with E-state index in [1.807, 2.05) is 0 Å². The standard InChI is InChI=1S/C19H18O6/c1-7-16(23)14(10(4)21)18-15(17(7)24)19(5)8(2)13(9(3)20)11(22)6-12(19)25-18/h6,23-24H,1-5H3/t19-/m1/s1. The Morgan fingerprint density at radius 2 is 1.68 bits per heavy atom. The van der Waals surface area contributed by atoms with Crippen molar-refractivity contribution in [2.24, 2.45) is 0 Å². The summed E-state index contributed by atoms with van der Waals surface area (Å²) in [7, 11) is 0. The average Bonchev–Trinajstić information content (AvgIpc) is 2.78. The number of benzene rings is 1. The highest BCUT2D eigenvalue weighted by atomic mass is 16.5. The monoisotopic (exact) mass is 342 g/mol. The smallest absolute Gasteiger partial charge is 0.192 e. The maximum atomic E-state index is 12.3. The summed E-state index contributed by atoms with van der Waals surface area (Å²) in [6, 6.07) is 0. The molecule has 1 aromatic carbocycles. The molecule has 0 spiro atoms. The zero-order chi connectivity index (χ0) is 18.8. The number of rotatable bonds is 2. The Labute approximate surface area is 144 Å². The second-order valence-electron chi connectivity index (χ2n) is 6.61. The number of hydrogen-bond acceptors (Lipinski definition) is 6. The number of aromatic hydroxyl groups is 2. The van der Waals surface area contributed by atoms with Gasteiger partial charge in [0.05, 0.1) is 16.6 Å². The van der Waals surface area contributed by atoms with Crippen LogP contribution < -0.4 is 4.74 Å². The molecule has 130 valence electrons. The number of hydrogen-bond donors (Lipinski definition) is 2. The van der Waals surface area contributed by atoms with Crippen molar-refractivity contribution in [3.63, 3.8) is 0 Å². The summed E-state index contributed by atoms with van der Waals surface area (Å²) < 4.78 is 5.75. The first kappa shape index (κ1) is 17.0. The highest BCUT2D eigenvalue weighted by molar-refractivity contribution is 6.25. The molecule has 1 aromatic rings. The van der Waals surface area contributed by atoms with Gasteiger partial charge >= 0.3 is 0 Å². The molecule has 0 amide bonds. The molecule has 25 heavy (non-hydrogen) atoms. The van der Waals surface area contributed by atoms with Gasteiger partial charge in [-0.05, 0) is 40.2 Å². The lowest BCUT2D eigenvalue weighted by Gasteiger charge is -2.31. The van der Waals surface area contributed by atoms with Crippen molar-refractivity contribution >= 4 is 17.3 Å². The molecular weight excluding hydrogens is 324 g/mol. The van der Waals surface area contributed by atoms with Gasteiger partial charge in [0.1, 0.15) is 28.6 Å². The van der Waals surface area contributed by atoms with E-state index < -0.39 is 17.0 Å². The first-order valence-corrected chi connectivity index (χ1v) is 7.80. The van der Waals surface area contributed by atoms with Gasteiger partial charge in [-0.25, -0.2) is 0 Å². The lowest BCUT2D eigenvalue weighted by Crippen LogP contribution is -2.32. The summed E-state index contributed by atoms with van der Waals surface area (Å²) in [5.74, 6) is -1.62. The highest BCUT2D eigenvalue weighted by Gasteiger charge is 2.51. The van der Waals surface area contributed by atoms with Gasteiger partial charge < -0.3 is 14.9 Å². The van der Waals surface area contributed by atoms with E-state index in [1.54, 1.807) is 13.8 Å². The fraction of sp³-hybridized carbons (Fsp3) is 0.316. The fourth-order valence-corrected chi connectivity index (χ4v) is 3.66. The van der Waals surface area contributed by atoms with Crippen molar-refractivity contribution in [2.45, 2.75) is 40.0 Å². The van der Waals surface area contributed by atoms with E-state index in [0.717, 1.165) is 0 Å². The lowest BCUT2D eigenvalue weighted by molar-refractivity contribution is -0.118. The van der Waals surface area contributed by atoms with E-state index >= 15 is 0 Å². The molecule has 0 saturated heterocycles. The van der Waals surface area contributed by atoms with Gasteiger partial charge in [0, 0.05) is 11.6 Å². The zero-order valence-corrected chi connectivity index (χ0v) is 14.6. The first-order chi connectivity index (χ1) is 11.5. The first-order valence-electron chi connectivity index (χ1n) is 7.80. The number of fused-ring (bicyclic) bond motifs is 3. The maximum Gasteiger partial charge on any atom is 0.192 e. The molecule has 6 heteroatoms. The van der Waals surface area contributed by atoms with Crippen LogP contribution in [0.5, 0.6) is 17.2 Å². The fourth-order valence-electron chi connectivity index (χ4n) is 3.66. The number of allylic oxidation sites excluding steroid dienone is 3. The number of phenolic OH excluding ortho intramolecular Hbond substituents is 2. The van der Waals surface area contributed by atoms with Gasteiger partial charge in [0.25, 0.3) is 0 Å². The molecule has 1 aliphatic carbocycles. The van der Waals surface area contributed by atoms with Gasteiger partial charge in [-0.15, -0.1) is 0 Å². The van der Waals surface area contributed by atoms with Gasteiger partial charge in [-0.2, -0.15) is 0 Å². The number of carbonyl (C=O) groups excluding carboxylic acids is 3. The average molecular weight is 342 g/mol. The van der Waals surface area contributed by atoms with Crippen LogP contribution in [0.25, 0.3) is 0 Å². The predicted molar refractivity (Wildman–Crippen MR) is 89.0 cm³/mol. The molecule has 0 radical (unpaired) electrons. The van der Waals surface area contributed by atoms with E-state index in [-0.39, 0.29) is 51.1 Å². The van der Waals surface area contributed by atoms with Crippen LogP contribution in [0, 0.1) is 6.92 Å². The summed E-state index contributed by atoms with van der Waals surface area (Å²) in [5, 5.41) is 20.9. The van der Waals surface area contributed by atoms with E-state index in [9.17, 15) is 24.6 Å². The Hall–Kier alpha value is -2.89. The summed E-state index contributed by atoms with van der Waals surface area (Å²) in [6.45, 7) is 7.42. The van der Waals surface area contributed by atoms with E-state index in [0.29, 0.717) is 5.57 Å². The second-order valence-corrected chi connectivity index (χ2v) is 6.61. The third-order valence-corrected chi connectivity index (χ3v) is 5.18. The Kier molecular flexibility index (Phi) is 3.42. The second kappa shape index (κ2) is 5.05. The van der Waals surface area contributed by atoms with Crippen LogP contribution in [-0.2, 0) is 15.0 Å². The molecule has 3 rings (SSSR count). The molecule has 1 atom stereocenters. The van der Waals surface area contributed by atoms with Crippen molar-refractivity contribution in [1.82, 2.24) is 0 Å². The molecular formula is C19H18O6. The van der Waals surface area contributed by atoms with Crippen molar-refractivity contribution in [3.8, 4) is 17.2 Å². The quantitative estimate of drug-likeness (QED) is 0.633. The molecule has 2 aliphatic rings. The van der Waals surface area contributed by atoms with Crippen LogP contribution in [0.2, 0.25) is 0 Å². The SMILES string of the molecule is CC(=O)C1=C(C)[C@]2(C)C(=CC1=O)Oc1c(C(C)=O)c(O)c(C)c(O)c12. The Morgan fingerprint density at radius 3 is 2.20 bits per heavy atom. The summed E-state index contributed by atoms with van der Waals surface area (Å²) in [6.07, 6.45) is 1.21. The summed E-state index contributed by atoms with van der Waals surface area (Å²) in [4.78, 5) is 36.3. The van der Waals surface area contributed by atoms with E-state index in [2.05, 4.69) is 0 Å². The van der Waals surface area contributed by atoms with Crippen LogP contribution in [0.4, 0.5) is 0 Å². The topological polar surface area (TPSA) is 101 Å². The minimum Gasteiger partial charge on any atom is -0.507 e. The normalized spacial score (nSPS) is 21.5. The maximum absolute atomic E-state index is 12.3. The van der Waals surface area contributed by atoms with Crippen molar-refractivity contribution in [1.29, 1.82) is 0 Å². The van der Waals surface area contributed by atoms with Crippen molar-refractivity contribution < 1.29 is 29.3 Å². The van der Waals surface area contributed by atoms with Crippen LogP contribution in [-0.4, -0.2) is 27.6 Å². The molecule has 1 aliphatic heterocycles. The van der Waals surface area contributed by atoms with Crippen molar-refractivity contribution in [3.05, 3.63) is 39.7 Å². The number of carbonyl (C=O) groups is 3. The molecule has 0 bridgehead atoms. The summed E-state index contributed by atoms with van der Waals surface area (Å²) in [5.41, 5.74) is -0.219. The van der Waals surface area contributed by atoms with Gasteiger partial charge in [0.15, 0.2) is 17.3 Å². The molecule has 0 unspecified atom stereocenters. The van der Waals surface area contributed by atoms with Crippen LogP contribution in [0.15, 0.2) is 23.0 Å². The van der Waals surface area contributed by atoms with Gasteiger partial charge in [-0.1, -0.05) is 0 Å². The molecule has 0 fully saturated rings. The van der Waals surface area contributed by atoms with Crippen LogP contribution >= 0.6 is 0 Å². The van der Waals surface area contributed by atoms with E-state index in [4.69, 9.17) is 4.74 Å². The minimum absolute atomic E-state index is 0.0267. The molecule has 2 N–H and O–H groups in total. The van der Waals surface area contributed by atoms with Crippen LogP contribution in [0.3, 0.4) is 0 Å². The number of Topliss-reactive ketones (excluding diaryl/α,β-unsaturated/α-hetero) is 2. The van der Waals surface area contributed by atoms with Crippen LogP contribution in [0.1, 0.15) is 49.2 Å². The predicted octanol–water partition coefficient (Wildman–Crippen LogP) is 2.63. The molecule has 6 nitrogen and oxygen atoms in total. The largest absolute Gasteiger partial charge is 0.507 e. The Balaban J connectivity index is 2.47. The third kappa shape index (κ3) is 1.94. The molecule has 1 heterocycles. The van der Waals surface area contributed by atoms with E-state index in [1.165, 1.54) is 26.8 Å². The van der Waals surface area contributed by atoms with Gasteiger partial charge in [0.2, 0.25) is 0 Å². The molecule has 0 saturated carbocycles. The Bertz CT molecular complexity index is 947. The minimum atomic E-state index is -1.07. The third-order valence-electron chi connectivity index (χ3n) is 5.18. The number of ketones is 3. The Morgan fingerprint density at radius 1 is 1.08 bits per heavy atom. The van der Waals surface area contributed by atoms with Gasteiger partial charge in [-0.3, -0.25) is 14.4 Å². The number of phenols is 2. The summed E-state index contributed by atoms with van der Waals surface area (Å²) >= 11 is 0. The number of ether oxygens (including phenoxy) is 1. The van der Waals surface area contributed by atoms with Crippen molar-refractivity contribution in [2.75, 3.05) is 0 Å². The highest BCUT2D eigenvalue weighted by Crippen LogP contribution is 2.59.